The van der Waals surface area contributed by atoms with Crippen LogP contribution in [0.2, 0.25) is 0 Å². The molecule has 0 heterocycles. The fourth-order valence-corrected chi connectivity index (χ4v) is 0.316. The van der Waals surface area contributed by atoms with Gasteiger partial charge < -0.3 is 19.8 Å². The van der Waals surface area contributed by atoms with E-state index in [0.717, 1.165) is 25.7 Å². The van der Waals surface area contributed by atoms with Gasteiger partial charge in [0.2, 0.25) is 0 Å². The summed E-state index contributed by atoms with van der Waals surface area (Å²) in [5.41, 5.74) is 0. The molecule has 4 nitrogen and oxygen atoms in total. The van der Waals surface area contributed by atoms with Crippen LogP contribution >= 0.6 is 0 Å². The number of carbonyl (C=O) groups excluding carboxylic acids is 2. The van der Waals surface area contributed by atoms with E-state index in [1.807, 2.05) is 0 Å². The number of aliphatic hydroxyl groups excluding tert-OH is 2. The van der Waals surface area contributed by atoms with Crippen LogP contribution in [0.25, 0.3) is 0 Å². The Balaban J connectivity index is -0.0000000381. The molecule has 17 heavy (non-hydrogen) atoms. The van der Waals surface area contributed by atoms with Crippen molar-refractivity contribution in [2.45, 2.75) is 53.4 Å². The average Bonchev–Trinajstić information content (AvgIpc) is 2.23. The van der Waals surface area contributed by atoms with Crippen molar-refractivity contribution >= 4 is 12.6 Å². The van der Waals surface area contributed by atoms with Crippen LogP contribution in [0.1, 0.15) is 53.4 Å². The van der Waals surface area contributed by atoms with Gasteiger partial charge in [0.05, 0.1) is 0 Å². The normalized spacial score (nSPS) is 6.47. The quantitative estimate of drug-likeness (QED) is 0.773. The first-order valence-electron chi connectivity index (χ1n) is 5.45. The molecular formula is C12H26O4Zr. The number of unbranched alkanes of at least 4 members (excludes halogenated alkanes) is 2. The Morgan fingerprint density at radius 1 is 0.824 bits per heavy atom. The van der Waals surface area contributed by atoms with Crippen LogP contribution in [0.5, 0.6) is 0 Å². The first-order chi connectivity index (χ1) is 7.66. The van der Waals surface area contributed by atoms with E-state index in [9.17, 15) is 0 Å². The van der Waals surface area contributed by atoms with E-state index in [4.69, 9.17) is 19.8 Å². The maximum Gasteiger partial charge on any atom is 2.00 e. The predicted octanol–water partition coefficient (Wildman–Crippen LogP) is 1.79. The van der Waals surface area contributed by atoms with Crippen LogP contribution in [0, 0.1) is 0 Å². The zero-order valence-electron chi connectivity index (χ0n) is 11.5. The Morgan fingerprint density at radius 2 is 1.00 bits per heavy atom. The van der Waals surface area contributed by atoms with Crippen molar-refractivity contribution in [2.24, 2.45) is 0 Å². The number of hydrogen-bond acceptors (Lipinski definition) is 4. The van der Waals surface area contributed by atoms with Crippen LogP contribution in [-0.2, 0) is 35.8 Å². The van der Waals surface area contributed by atoms with Crippen LogP contribution in [-0.4, -0.2) is 36.0 Å². The predicted molar refractivity (Wildman–Crippen MR) is 66.7 cm³/mol. The first kappa shape index (κ1) is 30.3. The Bertz CT molecular complexity index is 84.5. The van der Waals surface area contributed by atoms with Crippen molar-refractivity contribution in [3.63, 3.8) is 0 Å². The van der Waals surface area contributed by atoms with Gasteiger partial charge in [-0.15, -0.1) is 0 Å². The molecule has 0 unspecified atom stereocenters. The minimum Gasteiger partial charge on any atom is -0.542 e. The Kier molecular flexibility index (Phi) is 99.5. The maximum absolute atomic E-state index is 8.68. The zero-order chi connectivity index (χ0) is 13.7. The molecule has 0 aliphatic carbocycles. The van der Waals surface area contributed by atoms with Gasteiger partial charge in [0, 0.05) is 13.2 Å². The summed E-state index contributed by atoms with van der Waals surface area (Å²) in [7, 11) is 0. The average molecular weight is 326 g/mol. The topological polar surface area (TPSA) is 74.6 Å². The molecular weight excluding hydrogens is 299 g/mol. The molecule has 0 rings (SSSR count). The van der Waals surface area contributed by atoms with Crippen molar-refractivity contribution in [3.8, 4) is 0 Å². The second-order valence-electron chi connectivity index (χ2n) is 2.56. The van der Waals surface area contributed by atoms with E-state index in [1.54, 1.807) is 0 Å². The molecule has 2 N–H and O–H groups in total. The van der Waals surface area contributed by atoms with Crippen molar-refractivity contribution < 1.29 is 46.0 Å². The van der Waals surface area contributed by atoms with Crippen LogP contribution in [0.4, 0.5) is 0 Å². The summed E-state index contributed by atoms with van der Waals surface area (Å²) in [5.74, 6) is 0. The van der Waals surface area contributed by atoms with Crippen molar-refractivity contribution in [3.05, 3.63) is 0 Å². The van der Waals surface area contributed by atoms with Crippen molar-refractivity contribution in [1.29, 1.82) is 0 Å². The third kappa shape index (κ3) is 188. The molecule has 0 aromatic heterocycles. The van der Waals surface area contributed by atoms with Gasteiger partial charge in [-0.3, -0.25) is 12.6 Å². The van der Waals surface area contributed by atoms with Gasteiger partial charge in [-0.2, -0.15) is 13.8 Å². The van der Waals surface area contributed by atoms with Gasteiger partial charge in [0.25, 0.3) is 0 Å². The van der Waals surface area contributed by atoms with E-state index in [0.29, 0.717) is 13.2 Å². The number of hydrogen-bond donors (Lipinski definition) is 2. The molecule has 0 bridgehead atoms. The fourth-order valence-electron chi connectivity index (χ4n) is 0.316. The van der Waals surface area contributed by atoms with E-state index in [-0.39, 0.29) is 26.2 Å². The molecule has 0 fully saturated rings. The van der Waals surface area contributed by atoms with Crippen molar-refractivity contribution in [2.75, 3.05) is 13.2 Å². The molecule has 0 aliphatic rings. The summed E-state index contributed by atoms with van der Waals surface area (Å²) >= 11 is 0. The molecule has 102 valence electrons. The molecule has 0 atom stereocenters. The van der Waals surface area contributed by atoms with E-state index in [1.165, 1.54) is 26.4 Å². The molecule has 0 saturated carbocycles. The summed E-state index contributed by atoms with van der Waals surface area (Å²) in [5, 5.41) is 16.1. The van der Waals surface area contributed by atoms with Crippen LogP contribution in [0.15, 0.2) is 0 Å². The van der Waals surface area contributed by atoms with E-state index in [2.05, 4.69) is 13.8 Å². The third-order valence-electron chi connectivity index (χ3n) is 1.02. The minimum atomic E-state index is 0. The summed E-state index contributed by atoms with van der Waals surface area (Å²) in [4.78, 5) is 17.4. The second kappa shape index (κ2) is 55.8. The standard InChI is InChI=1S/2C4H10O.2C2H3O.Zr/c2*1-2-3-4-5;2*1-2-3;/h2*5H,2-4H2,1H3;2*1H3;/q;;2*-1;+2. The van der Waals surface area contributed by atoms with E-state index >= 15 is 0 Å². The van der Waals surface area contributed by atoms with Gasteiger partial charge >= 0.3 is 26.2 Å². The first-order valence-corrected chi connectivity index (χ1v) is 5.45. The fraction of sp³-hybridized carbons (Fsp3) is 0.833. The van der Waals surface area contributed by atoms with Gasteiger partial charge in [-0.05, 0) is 12.8 Å². The van der Waals surface area contributed by atoms with Crippen molar-refractivity contribution in [1.82, 2.24) is 0 Å². The largest absolute Gasteiger partial charge is 2.00 e. The Morgan fingerprint density at radius 3 is 1.00 bits per heavy atom. The number of rotatable bonds is 4. The van der Waals surface area contributed by atoms with Gasteiger partial charge in [0.1, 0.15) is 0 Å². The molecule has 0 aromatic carbocycles. The molecule has 0 radical (unpaired) electrons. The Hall–Kier alpha value is 0.143. The van der Waals surface area contributed by atoms with Crippen LogP contribution < -0.4 is 0 Å². The second-order valence-corrected chi connectivity index (χ2v) is 2.56. The molecule has 0 aromatic rings. The molecule has 0 spiro atoms. The molecule has 0 aliphatic heterocycles. The maximum atomic E-state index is 8.68. The number of aliphatic hydroxyl groups is 2. The summed E-state index contributed by atoms with van der Waals surface area (Å²) in [6.45, 7) is 7.43. The third-order valence-corrected chi connectivity index (χ3v) is 1.02. The Labute approximate surface area is 125 Å². The van der Waals surface area contributed by atoms with Crippen LogP contribution in [0.3, 0.4) is 0 Å². The summed E-state index contributed by atoms with van der Waals surface area (Å²) in [6, 6.07) is 0. The van der Waals surface area contributed by atoms with E-state index < -0.39 is 0 Å². The van der Waals surface area contributed by atoms with Gasteiger partial charge in [-0.25, -0.2) is 0 Å². The zero-order valence-corrected chi connectivity index (χ0v) is 13.9. The molecule has 0 saturated heterocycles. The monoisotopic (exact) mass is 324 g/mol. The minimum absolute atomic E-state index is 0. The summed E-state index contributed by atoms with van der Waals surface area (Å²) < 4.78 is 0. The smallest absolute Gasteiger partial charge is 0.542 e. The molecule has 5 heteroatoms. The molecule has 0 amide bonds. The van der Waals surface area contributed by atoms with Gasteiger partial charge in [0.15, 0.2) is 0 Å². The van der Waals surface area contributed by atoms with Gasteiger partial charge in [-0.1, -0.05) is 26.7 Å². The SMILES string of the molecule is CCCCO.CCCCO.C[C-]=O.C[C-]=O.[Zr+2]. The summed E-state index contributed by atoms with van der Waals surface area (Å²) in [6.07, 6.45) is 7.08.